The Kier molecular flexibility index (Phi) is 10.4. The van der Waals surface area contributed by atoms with E-state index in [0.29, 0.717) is 54.7 Å². The first-order valence-corrected chi connectivity index (χ1v) is 12.7. The zero-order valence-electron chi connectivity index (χ0n) is 21.7. The summed E-state index contributed by atoms with van der Waals surface area (Å²) in [5.74, 6) is 2.35. The molecule has 40 heavy (non-hydrogen) atoms. The normalized spacial score (nSPS) is 11.8. The number of aliphatic hydroxyl groups excluding tert-OH is 1. The molecule has 2 aromatic heterocycles. The van der Waals surface area contributed by atoms with Crippen molar-refractivity contribution in [3.8, 4) is 0 Å². The highest BCUT2D eigenvalue weighted by Gasteiger charge is 2.30. The van der Waals surface area contributed by atoms with Crippen LogP contribution in [0.15, 0.2) is 57.4 Å². The van der Waals surface area contributed by atoms with Crippen LogP contribution in [0, 0.1) is 13.8 Å². The van der Waals surface area contributed by atoms with Crippen molar-refractivity contribution in [1.82, 2.24) is 9.97 Å². The third-order valence-electron chi connectivity index (χ3n) is 5.96. The number of aromatic nitrogens is 2. The van der Waals surface area contributed by atoms with Gasteiger partial charge in [-0.15, -0.1) is 11.6 Å². The van der Waals surface area contributed by atoms with Crippen molar-refractivity contribution in [1.29, 1.82) is 0 Å². The first-order valence-electron chi connectivity index (χ1n) is 12.2. The molecule has 4 aromatic rings. The molecule has 216 valence electrons. The van der Waals surface area contributed by atoms with E-state index in [-0.39, 0.29) is 12.5 Å². The third kappa shape index (κ3) is 8.85. The number of halogens is 7. The first-order chi connectivity index (χ1) is 18.8. The van der Waals surface area contributed by atoms with Crippen LogP contribution >= 0.6 is 11.6 Å². The molecule has 0 fully saturated rings. The van der Waals surface area contributed by atoms with Gasteiger partial charge in [0.2, 0.25) is 0 Å². The topological polar surface area (TPSA) is 72.3 Å². The van der Waals surface area contributed by atoms with Crippen molar-refractivity contribution in [2.75, 3.05) is 0 Å². The fraction of sp³-hybridized carbons (Fsp3) is 0.357. The molecule has 0 aliphatic rings. The molecule has 0 saturated carbocycles. The number of oxazole rings is 2. The summed E-state index contributed by atoms with van der Waals surface area (Å²) in [7, 11) is 0. The molecule has 0 unspecified atom stereocenters. The van der Waals surface area contributed by atoms with Crippen LogP contribution in [0.3, 0.4) is 0 Å². The van der Waals surface area contributed by atoms with Crippen LogP contribution in [0.4, 0.5) is 26.3 Å². The van der Waals surface area contributed by atoms with E-state index in [1.54, 1.807) is 6.92 Å². The number of aliphatic hydroxyl groups is 1. The van der Waals surface area contributed by atoms with Crippen molar-refractivity contribution >= 4 is 11.6 Å². The Morgan fingerprint density at radius 2 is 1.02 bits per heavy atom. The summed E-state index contributed by atoms with van der Waals surface area (Å²) in [5.41, 5.74) is 1.67. The highest BCUT2D eigenvalue weighted by molar-refractivity contribution is 6.16. The molecule has 1 N–H and O–H groups in total. The molecule has 2 aromatic carbocycles. The fourth-order valence-electron chi connectivity index (χ4n) is 3.68. The van der Waals surface area contributed by atoms with Gasteiger partial charge in [-0.1, -0.05) is 24.3 Å². The summed E-state index contributed by atoms with van der Waals surface area (Å²) in [5, 5.41) is 8.98. The van der Waals surface area contributed by atoms with Gasteiger partial charge in [0, 0.05) is 12.8 Å². The van der Waals surface area contributed by atoms with Gasteiger partial charge in [-0.3, -0.25) is 0 Å². The average Bonchev–Trinajstić information content (AvgIpc) is 3.46. The number of rotatable bonds is 8. The smallest absolute Gasteiger partial charge is 0.416 e. The minimum absolute atomic E-state index is 0.209. The highest BCUT2D eigenvalue weighted by Crippen LogP contribution is 2.30. The van der Waals surface area contributed by atoms with E-state index >= 15 is 0 Å². The Labute approximate surface area is 231 Å². The van der Waals surface area contributed by atoms with E-state index in [0.717, 1.165) is 41.1 Å². The van der Waals surface area contributed by atoms with Gasteiger partial charge in [0.25, 0.3) is 0 Å². The van der Waals surface area contributed by atoms with Crippen LogP contribution in [0.25, 0.3) is 0 Å². The Balaban J connectivity index is 0.000000220. The van der Waals surface area contributed by atoms with Crippen molar-refractivity contribution in [2.45, 2.75) is 64.4 Å². The number of benzene rings is 2. The first kappa shape index (κ1) is 31.2. The predicted octanol–water partition coefficient (Wildman–Crippen LogP) is 7.81. The van der Waals surface area contributed by atoms with E-state index in [4.69, 9.17) is 25.5 Å². The molecule has 0 amide bonds. The van der Waals surface area contributed by atoms with E-state index < -0.39 is 23.5 Å². The molecule has 0 atom stereocenters. The fourth-order valence-corrected chi connectivity index (χ4v) is 3.93. The Morgan fingerprint density at radius 1 is 0.650 bits per heavy atom. The van der Waals surface area contributed by atoms with Crippen LogP contribution < -0.4 is 0 Å². The minimum atomic E-state index is -4.31. The van der Waals surface area contributed by atoms with Crippen LogP contribution in [-0.4, -0.2) is 15.1 Å². The second kappa shape index (κ2) is 13.4. The van der Waals surface area contributed by atoms with Crippen molar-refractivity contribution in [2.24, 2.45) is 0 Å². The molecular weight excluding hydrogens is 562 g/mol. The summed E-state index contributed by atoms with van der Waals surface area (Å²) < 4.78 is 85.2. The van der Waals surface area contributed by atoms with E-state index in [9.17, 15) is 26.3 Å². The quantitative estimate of drug-likeness (QED) is 0.168. The van der Waals surface area contributed by atoms with Crippen molar-refractivity contribution in [3.63, 3.8) is 0 Å². The molecule has 0 bridgehead atoms. The maximum absolute atomic E-state index is 12.4. The van der Waals surface area contributed by atoms with E-state index in [2.05, 4.69) is 9.97 Å². The summed E-state index contributed by atoms with van der Waals surface area (Å²) in [4.78, 5) is 8.37. The number of nitrogens with zero attached hydrogens (tertiary/aromatic N) is 2. The van der Waals surface area contributed by atoms with Gasteiger partial charge >= 0.3 is 12.4 Å². The zero-order chi connectivity index (χ0) is 29.5. The zero-order valence-corrected chi connectivity index (χ0v) is 22.4. The summed E-state index contributed by atoms with van der Waals surface area (Å²) >= 11 is 5.68. The van der Waals surface area contributed by atoms with Gasteiger partial charge in [0.15, 0.2) is 17.5 Å². The molecule has 0 saturated heterocycles. The van der Waals surface area contributed by atoms with E-state index in [1.807, 2.05) is 6.92 Å². The minimum Gasteiger partial charge on any atom is -0.444 e. The Bertz CT molecular complexity index is 1260. The number of aryl methyl sites for hydroxylation is 6. The van der Waals surface area contributed by atoms with Crippen LogP contribution in [0.2, 0.25) is 0 Å². The molecule has 0 spiro atoms. The number of hydrogen-bond donors (Lipinski definition) is 1. The van der Waals surface area contributed by atoms with Crippen LogP contribution in [0.1, 0.15) is 56.9 Å². The second-order valence-electron chi connectivity index (χ2n) is 8.91. The third-order valence-corrected chi connectivity index (χ3v) is 6.20. The Hall–Kier alpha value is -3.31. The molecule has 2 heterocycles. The van der Waals surface area contributed by atoms with Gasteiger partial charge in [-0.05, 0) is 62.1 Å². The Morgan fingerprint density at radius 3 is 1.32 bits per heavy atom. The predicted molar refractivity (Wildman–Crippen MR) is 136 cm³/mol. The van der Waals surface area contributed by atoms with Crippen molar-refractivity contribution < 1.29 is 40.3 Å². The van der Waals surface area contributed by atoms with Gasteiger partial charge in [0.1, 0.15) is 12.4 Å². The maximum Gasteiger partial charge on any atom is 0.416 e. The van der Waals surface area contributed by atoms with Crippen LogP contribution in [0.5, 0.6) is 0 Å². The lowest BCUT2D eigenvalue weighted by Crippen LogP contribution is -2.04. The lowest BCUT2D eigenvalue weighted by Gasteiger charge is -2.07. The summed E-state index contributed by atoms with van der Waals surface area (Å²) in [6.07, 6.45) is -6.50. The number of alkyl halides is 7. The van der Waals surface area contributed by atoms with Gasteiger partial charge in [-0.25, -0.2) is 9.97 Å². The molecule has 12 heteroatoms. The average molecular weight is 589 g/mol. The van der Waals surface area contributed by atoms with Gasteiger partial charge < -0.3 is 13.9 Å². The second-order valence-corrected chi connectivity index (χ2v) is 9.18. The van der Waals surface area contributed by atoms with Gasteiger partial charge in [-0.2, -0.15) is 26.3 Å². The lowest BCUT2D eigenvalue weighted by molar-refractivity contribution is -0.138. The molecule has 4 rings (SSSR count). The summed E-state index contributed by atoms with van der Waals surface area (Å²) in [6.45, 7) is 3.33. The van der Waals surface area contributed by atoms with Crippen LogP contribution in [-0.2, 0) is 50.5 Å². The maximum atomic E-state index is 12.4. The van der Waals surface area contributed by atoms with Gasteiger partial charge in [0.05, 0.1) is 28.4 Å². The molecule has 0 aliphatic carbocycles. The largest absolute Gasteiger partial charge is 0.444 e. The molecular formula is C28H27ClF6N2O3. The monoisotopic (exact) mass is 588 g/mol. The molecule has 0 aliphatic heterocycles. The highest BCUT2D eigenvalue weighted by atomic mass is 35.5. The number of hydrogen-bond acceptors (Lipinski definition) is 5. The summed E-state index contributed by atoms with van der Waals surface area (Å²) in [6, 6.07) is 10.1. The van der Waals surface area contributed by atoms with Crippen molar-refractivity contribution in [3.05, 3.63) is 105 Å². The van der Waals surface area contributed by atoms with E-state index in [1.165, 1.54) is 24.3 Å². The SMILES string of the molecule is Cc1nc(CCc2ccc(C(F)(F)F)cc2)oc1CCl.Cc1nc(CCc2ccc(C(F)(F)F)cc2)oc1CO. The molecule has 0 radical (unpaired) electrons. The lowest BCUT2D eigenvalue weighted by atomic mass is 10.1. The standard InChI is InChI=1S/C14H13ClF3NO.C14H14F3NO2/c1-9-12(8-15)20-13(19-9)7-4-10-2-5-11(6-3-10)14(16,17)18;1-9-12(8-19)20-13(18-9)7-4-10-2-5-11(6-3-10)14(15,16)17/h2-3,5-6H,4,7-8H2,1H3;2-3,5-6,19H,4,7-8H2,1H3. The molecule has 5 nitrogen and oxygen atoms in total.